The molecule has 1 saturated heterocycles. The third-order valence-electron chi connectivity index (χ3n) is 5.22. The van der Waals surface area contributed by atoms with Gasteiger partial charge >= 0.3 is 0 Å². The summed E-state index contributed by atoms with van der Waals surface area (Å²) in [5.74, 6) is 1.91. The molecule has 110 valence electrons. The van der Waals surface area contributed by atoms with Crippen LogP contribution in [0.3, 0.4) is 0 Å². The van der Waals surface area contributed by atoms with Crippen LogP contribution in [-0.2, 0) is 4.79 Å². The lowest BCUT2D eigenvalue weighted by Gasteiger charge is -2.32. The predicted molar refractivity (Wildman–Crippen MR) is 84.1 cm³/mol. The van der Waals surface area contributed by atoms with Crippen molar-refractivity contribution >= 4 is 16.8 Å². The van der Waals surface area contributed by atoms with Crippen molar-refractivity contribution in [3.05, 3.63) is 36.0 Å². The lowest BCUT2D eigenvalue weighted by molar-refractivity contribution is -0.133. The van der Waals surface area contributed by atoms with Crippen molar-refractivity contribution < 1.29 is 4.79 Å². The van der Waals surface area contributed by atoms with E-state index in [0.717, 1.165) is 32.4 Å². The molecule has 4 rings (SSSR count). The zero-order valence-electron chi connectivity index (χ0n) is 12.5. The summed E-state index contributed by atoms with van der Waals surface area (Å²) in [6.45, 7) is 4.02. The topological polar surface area (TPSA) is 36.1 Å². The standard InChI is InChI=1S/C18H22N2O/c1-12-10-15(12)18(21)20-8-6-13(7-9-20)17-11-14-4-2-3-5-16(14)19-17/h2-5,11-13,15,19H,6-10H2,1H3. The number of nitrogens with zero attached hydrogens (tertiary/aromatic N) is 1. The Kier molecular flexibility index (Phi) is 3.02. The smallest absolute Gasteiger partial charge is 0.225 e. The molecule has 1 aromatic carbocycles. The van der Waals surface area contributed by atoms with Gasteiger partial charge in [0.25, 0.3) is 0 Å². The van der Waals surface area contributed by atoms with Crippen molar-refractivity contribution in [2.45, 2.75) is 32.1 Å². The molecule has 3 nitrogen and oxygen atoms in total. The Hall–Kier alpha value is -1.77. The van der Waals surface area contributed by atoms with Gasteiger partial charge < -0.3 is 9.88 Å². The molecule has 3 heteroatoms. The normalized spacial score (nSPS) is 26.2. The molecule has 0 radical (unpaired) electrons. The molecule has 2 aromatic rings. The highest BCUT2D eigenvalue weighted by atomic mass is 16.2. The molecular weight excluding hydrogens is 260 g/mol. The molecule has 2 unspecified atom stereocenters. The molecule has 21 heavy (non-hydrogen) atoms. The van der Waals surface area contributed by atoms with E-state index in [2.05, 4.69) is 47.1 Å². The van der Waals surface area contributed by atoms with E-state index in [1.807, 2.05) is 0 Å². The molecule has 2 heterocycles. The number of likely N-dealkylation sites (tertiary alicyclic amines) is 1. The van der Waals surface area contributed by atoms with Crippen molar-refractivity contribution in [2.75, 3.05) is 13.1 Å². The number of aromatic amines is 1. The van der Waals surface area contributed by atoms with E-state index < -0.39 is 0 Å². The lowest BCUT2D eigenvalue weighted by atomic mass is 9.93. The van der Waals surface area contributed by atoms with Gasteiger partial charge in [0.05, 0.1) is 0 Å². The molecule has 1 saturated carbocycles. The zero-order valence-corrected chi connectivity index (χ0v) is 12.5. The van der Waals surface area contributed by atoms with E-state index >= 15 is 0 Å². The van der Waals surface area contributed by atoms with Gasteiger partial charge in [-0.3, -0.25) is 4.79 Å². The summed E-state index contributed by atoms with van der Waals surface area (Å²) in [7, 11) is 0. The fourth-order valence-electron chi connectivity index (χ4n) is 3.63. The molecule has 1 aromatic heterocycles. The van der Waals surface area contributed by atoms with Crippen LogP contribution in [0, 0.1) is 11.8 Å². The van der Waals surface area contributed by atoms with Crippen LogP contribution in [-0.4, -0.2) is 28.9 Å². The fraction of sp³-hybridized carbons (Fsp3) is 0.500. The van der Waals surface area contributed by atoms with Crippen LogP contribution in [0.1, 0.15) is 37.8 Å². The first-order valence-electron chi connectivity index (χ1n) is 8.09. The Morgan fingerprint density at radius 3 is 2.62 bits per heavy atom. The number of nitrogens with one attached hydrogen (secondary N) is 1. The minimum Gasteiger partial charge on any atom is -0.358 e. The second-order valence-electron chi connectivity index (χ2n) is 6.73. The number of aromatic nitrogens is 1. The van der Waals surface area contributed by atoms with Crippen LogP contribution in [0.4, 0.5) is 0 Å². The van der Waals surface area contributed by atoms with E-state index in [4.69, 9.17) is 0 Å². The summed E-state index contributed by atoms with van der Waals surface area (Å²) in [6, 6.07) is 10.7. The number of carbonyl (C=O) groups is 1. The molecule has 2 aliphatic rings. The third-order valence-corrected chi connectivity index (χ3v) is 5.22. The zero-order chi connectivity index (χ0) is 14.4. The number of rotatable bonds is 2. The Morgan fingerprint density at radius 1 is 1.24 bits per heavy atom. The predicted octanol–water partition coefficient (Wildman–Crippen LogP) is 3.53. The fourth-order valence-corrected chi connectivity index (χ4v) is 3.63. The SMILES string of the molecule is CC1CC1C(=O)N1CCC(c2cc3ccccc3[nH]2)CC1. The molecule has 1 aliphatic carbocycles. The van der Waals surface area contributed by atoms with Crippen molar-refractivity contribution in [1.82, 2.24) is 9.88 Å². The third kappa shape index (κ3) is 2.35. The number of benzene rings is 1. The lowest BCUT2D eigenvalue weighted by Crippen LogP contribution is -2.39. The molecule has 1 N–H and O–H groups in total. The summed E-state index contributed by atoms with van der Waals surface area (Å²) in [6.07, 6.45) is 3.26. The van der Waals surface area contributed by atoms with E-state index in [1.54, 1.807) is 0 Å². The van der Waals surface area contributed by atoms with Crippen LogP contribution in [0.2, 0.25) is 0 Å². The molecule has 0 spiro atoms. The van der Waals surface area contributed by atoms with Crippen molar-refractivity contribution in [1.29, 1.82) is 0 Å². The number of para-hydroxylation sites is 1. The maximum Gasteiger partial charge on any atom is 0.225 e. The van der Waals surface area contributed by atoms with E-state index in [1.165, 1.54) is 16.6 Å². The average molecular weight is 282 g/mol. The maximum absolute atomic E-state index is 12.3. The quantitative estimate of drug-likeness (QED) is 0.898. The largest absolute Gasteiger partial charge is 0.358 e. The number of hydrogen-bond donors (Lipinski definition) is 1. The van der Waals surface area contributed by atoms with Crippen LogP contribution in [0.5, 0.6) is 0 Å². The van der Waals surface area contributed by atoms with Crippen LogP contribution < -0.4 is 0 Å². The number of carbonyl (C=O) groups excluding carboxylic acids is 1. The van der Waals surface area contributed by atoms with Crippen molar-refractivity contribution in [3.8, 4) is 0 Å². The summed E-state index contributed by atoms with van der Waals surface area (Å²) >= 11 is 0. The minimum absolute atomic E-state index is 0.328. The Labute approximate surface area is 125 Å². The van der Waals surface area contributed by atoms with E-state index in [9.17, 15) is 4.79 Å². The second-order valence-corrected chi connectivity index (χ2v) is 6.73. The van der Waals surface area contributed by atoms with Crippen molar-refractivity contribution in [2.24, 2.45) is 11.8 Å². The van der Waals surface area contributed by atoms with Gasteiger partial charge in [-0.1, -0.05) is 25.1 Å². The molecule has 1 aliphatic heterocycles. The number of hydrogen-bond acceptors (Lipinski definition) is 1. The maximum atomic E-state index is 12.3. The summed E-state index contributed by atoms with van der Waals surface area (Å²) in [4.78, 5) is 17.9. The first kappa shape index (κ1) is 12.9. The average Bonchev–Trinajstić information content (AvgIpc) is 3.09. The number of fused-ring (bicyclic) bond motifs is 1. The number of amides is 1. The van der Waals surface area contributed by atoms with Gasteiger partial charge in [0.15, 0.2) is 0 Å². The summed E-state index contributed by atoms with van der Waals surface area (Å²) in [5, 5.41) is 1.29. The Bertz CT molecular complexity index is 634. The monoisotopic (exact) mass is 282 g/mol. The first-order chi connectivity index (χ1) is 10.2. The highest BCUT2D eigenvalue weighted by Crippen LogP contribution is 2.40. The van der Waals surface area contributed by atoms with E-state index in [0.29, 0.717) is 23.7 Å². The van der Waals surface area contributed by atoms with E-state index in [-0.39, 0.29) is 0 Å². The van der Waals surface area contributed by atoms with Crippen LogP contribution >= 0.6 is 0 Å². The highest BCUT2D eigenvalue weighted by molar-refractivity contribution is 5.82. The van der Waals surface area contributed by atoms with Gasteiger partial charge in [-0.25, -0.2) is 0 Å². The Balaban J connectivity index is 1.43. The molecule has 0 bridgehead atoms. The van der Waals surface area contributed by atoms with Gasteiger partial charge in [-0.15, -0.1) is 0 Å². The number of H-pyrrole nitrogens is 1. The first-order valence-corrected chi connectivity index (χ1v) is 8.09. The van der Waals surface area contributed by atoms with Gasteiger partial charge in [-0.2, -0.15) is 0 Å². The summed E-state index contributed by atoms with van der Waals surface area (Å²) < 4.78 is 0. The van der Waals surface area contributed by atoms with Crippen LogP contribution in [0.15, 0.2) is 30.3 Å². The summed E-state index contributed by atoms with van der Waals surface area (Å²) in [5.41, 5.74) is 2.56. The second kappa shape index (κ2) is 4.90. The van der Waals surface area contributed by atoms with Crippen LogP contribution in [0.25, 0.3) is 10.9 Å². The highest BCUT2D eigenvalue weighted by Gasteiger charge is 2.42. The molecule has 1 amide bonds. The number of piperidine rings is 1. The molecular formula is C18H22N2O. The van der Waals surface area contributed by atoms with Gasteiger partial charge in [0, 0.05) is 36.1 Å². The van der Waals surface area contributed by atoms with Gasteiger partial charge in [0.2, 0.25) is 5.91 Å². The van der Waals surface area contributed by atoms with Crippen molar-refractivity contribution in [3.63, 3.8) is 0 Å². The molecule has 2 atom stereocenters. The Morgan fingerprint density at radius 2 is 1.95 bits per heavy atom. The van der Waals surface area contributed by atoms with Gasteiger partial charge in [0.1, 0.15) is 0 Å². The molecule has 2 fully saturated rings. The minimum atomic E-state index is 0.328. The van der Waals surface area contributed by atoms with Gasteiger partial charge in [-0.05, 0) is 42.7 Å².